The first-order chi connectivity index (χ1) is 6.79. The van der Waals surface area contributed by atoms with Crippen LogP contribution in [0, 0.1) is 28.1 Å². The number of nitrogens with zero attached hydrogens (tertiary/aromatic N) is 2. The second-order valence-corrected chi connectivity index (χ2v) is 3.60. The van der Waals surface area contributed by atoms with Gasteiger partial charge in [-0.1, -0.05) is 12.2 Å². The Kier molecular flexibility index (Phi) is 3.48. The standard InChI is InChI=1S/C12H14N2/c1-2-8-12(9-13,10-14)11-6-4-3-5-7-11/h2,6H,1,3-5,7-8H2. The lowest BCUT2D eigenvalue weighted by molar-refractivity contribution is 0.552. The van der Waals surface area contributed by atoms with Gasteiger partial charge in [-0.25, -0.2) is 0 Å². The lowest BCUT2D eigenvalue weighted by Gasteiger charge is -2.23. The molecule has 1 aliphatic carbocycles. The zero-order valence-electron chi connectivity index (χ0n) is 8.29. The van der Waals surface area contributed by atoms with E-state index in [1.807, 2.05) is 0 Å². The Bertz CT molecular complexity index is 311. The van der Waals surface area contributed by atoms with Crippen molar-refractivity contribution in [1.82, 2.24) is 0 Å². The van der Waals surface area contributed by atoms with Crippen LogP contribution in [0.15, 0.2) is 24.3 Å². The highest BCUT2D eigenvalue weighted by molar-refractivity contribution is 5.34. The van der Waals surface area contributed by atoms with Crippen LogP contribution in [0.4, 0.5) is 0 Å². The molecule has 1 aliphatic rings. The van der Waals surface area contributed by atoms with Gasteiger partial charge in [-0.3, -0.25) is 0 Å². The molecule has 0 unspecified atom stereocenters. The Morgan fingerprint density at radius 2 is 2.14 bits per heavy atom. The summed E-state index contributed by atoms with van der Waals surface area (Å²) in [5.74, 6) is 0. The lowest BCUT2D eigenvalue weighted by Crippen LogP contribution is -2.20. The third kappa shape index (κ3) is 1.86. The SMILES string of the molecule is C=CCC(C#N)(C#N)C1=CCCCC1. The highest BCUT2D eigenvalue weighted by Gasteiger charge is 2.33. The monoisotopic (exact) mass is 186 g/mol. The minimum absolute atomic E-state index is 0.436. The van der Waals surface area contributed by atoms with Crippen molar-refractivity contribution in [2.24, 2.45) is 5.41 Å². The van der Waals surface area contributed by atoms with Gasteiger partial charge in [-0.15, -0.1) is 6.58 Å². The first-order valence-electron chi connectivity index (χ1n) is 4.92. The predicted octanol–water partition coefficient (Wildman–Crippen LogP) is 3.10. The summed E-state index contributed by atoms with van der Waals surface area (Å²) in [6.45, 7) is 3.61. The summed E-state index contributed by atoms with van der Waals surface area (Å²) >= 11 is 0. The summed E-state index contributed by atoms with van der Waals surface area (Å²) in [5.41, 5.74) is 0.0518. The Balaban J connectivity index is 2.98. The van der Waals surface area contributed by atoms with Gasteiger partial charge in [0.1, 0.15) is 0 Å². The number of allylic oxidation sites excluding steroid dienone is 3. The second kappa shape index (κ2) is 4.63. The zero-order valence-corrected chi connectivity index (χ0v) is 8.29. The number of hydrogen-bond donors (Lipinski definition) is 0. The average molecular weight is 186 g/mol. The summed E-state index contributed by atoms with van der Waals surface area (Å²) < 4.78 is 0. The largest absolute Gasteiger partial charge is 0.196 e. The summed E-state index contributed by atoms with van der Waals surface area (Å²) in [6, 6.07) is 4.27. The molecule has 0 aromatic carbocycles. The highest BCUT2D eigenvalue weighted by atomic mass is 14.4. The molecule has 0 heterocycles. The van der Waals surface area contributed by atoms with Crippen molar-refractivity contribution < 1.29 is 0 Å². The van der Waals surface area contributed by atoms with Crippen LogP contribution >= 0.6 is 0 Å². The average Bonchev–Trinajstić information content (AvgIpc) is 2.27. The maximum Gasteiger partial charge on any atom is 0.168 e. The van der Waals surface area contributed by atoms with E-state index in [2.05, 4.69) is 24.8 Å². The molecule has 0 aromatic heterocycles. The van der Waals surface area contributed by atoms with Crippen LogP contribution < -0.4 is 0 Å². The third-order valence-corrected chi connectivity index (χ3v) is 2.67. The van der Waals surface area contributed by atoms with E-state index in [9.17, 15) is 0 Å². The molecule has 0 spiro atoms. The van der Waals surface area contributed by atoms with Gasteiger partial charge in [0.25, 0.3) is 0 Å². The van der Waals surface area contributed by atoms with Gasteiger partial charge in [0.05, 0.1) is 12.1 Å². The van der Waals surface area contributed by atoms with Crippen LogP contribution in [0.3, 0.4) is 0 Å². The first kappa shape index (κ1) is 10.5. The van der Waals surface area contributed by atoms with Gasteiger partial charge < -0.3 is 0 Å². The molecular weight excluding hydrogens is 172 g/mol. The van der Waals surface area contributed by atoms with Crippen molar-refractivity contribution in [2.45, 2.75) is 32.1 Å². The Morgan fingerprint density at radius 3 is 2.57 bits per heavy atom. The van der Waals surface area contributed by atoms with Gasteiger partial charge in [-0.05, 0) is 31.3 Å². The molecule has 0 bridgehead atoms. The Morgan fingerprint density at radius 1 is 1.43 bits per heavy atom. The summed E-state index contributed by atoms with van der Waals surface area (Å²) in [7, 11) is 0. The maximum absolute atomic E-state index is 9.10. The minimum Gasteiger partial charge on any atom is -0.196 e. The molecule has 0 radical (unpaired) electrons. The Labute approximate surface area is 85.2 Å². The molecule has 0 amide bonds. The minimum atomic E-state index is -0.942. The number of nitriles is 2. The molecule has 0 N–H and O–H groups in total. The van der Waals surface area contributed by atoms with E-state index < -0.39 is 5.41 Å². The van der Waals surface area contributed by atoms with Crippen molar-refractivity contribution in [3.05, 3.63) is 24.3 Å². The Hall–Kier alpha value is -1.54. The van der Waals surface area contributed by atoms with Gasteiger partial charge >= 0.3 is 0 Å². The maximum atomic E-state index is 9.10. The van der Waals surface area contributed by atoms with Gasteiger partial charge in [0.15, 0.2) is 5.41 Å². The fourth-order valence-electron chi connectivity index (χ4n) is 1.83. The molecule has 0 aliphatic heterocycles. The first-order valence-corrected chi connectivity index (χ1v) is 4.92. The predicted molar refractivity (Wildman–Crippen MR) is 55.0 cm³/mol. The summed E-state index contributed by atoms with van der Waals surface area (Å²) in [5, 5.41) is 18.2. The molecule has 0 saturated carbocycles. The van der Waals surface area contributed by atoms with Crippen molar-refractivity contribution in [3.8, 4) is 12.1 Å². The fourth-order valence-corrected chi connectivity index (χ4v) is 1.83. The van der Waals surface area contributed by atoms with E-state index in [1.54, 1.807) is 6.08 Å². The molecule has 0 aromatic rings. The number of rotatable bonds is 3. The van der Waals surface area contributed by atoms with Crippen LogP contribution in [-0.2, 0) is 0 Å². The fraction of sp³-hybridized carbons (Fsp3) is 0.500. The zero-order chi connectivity index (χ0) is 10.4. The van der Waals surface area contributed by atoms with E-state index >= 15 is 0 Å². The summed E-state index contributed by atoms with van der Waals surface area (Å²) in [4.78, 5) is 0. The van der Waals surface area contributed by atoms with Gasteiger partial charge in [-0.2, -0.15) is 10.5 Å². The topological polar surface area (TPSA) is 47.6 Å². The normalized spacial score (nSPS) is 16.3. The lowest BCUT2D eigenvalue weighted by atomic mass is 9.75. The number of hydrogen-bond acceptors (Lipinski definition) is 2. The van der Waals surface area contributed by atoms with Crippen LogP contribution in [-0.4, -0.2) is 0 Å². The third-order valence-electron chi connectivity index (χ3n) is 2.67. The van der Waals surface area contributed by atoms with Gasteiger partial charge in [0.2, 0.25) is 0 Å². The molecular formula is C12H14N2. The van der Waals surface area contributed by atoms with E-state index in [0.29, 0.717) is 6.42 Å². The molecule has 1 rings (SSSR count). The van der Waals surface area contributed by atoms with E-state index in [4.69, 9.17) is 10.5 Å². The highest BCUT2D eigenvalue weighted by Crippen LogP contribution is 2.36. The molecule has 14 heavy (non-hydrogen) atoms. The van der Waals surface area contributed by atoms with Crippen molar-refractivity contribution in [3.63, 3.8) is 0 Å². The quantitative estimate of drug-likeness (QED) is 0.636. The molecule has 0 atom stereocenters. The second-order valence-electron chi connectivity index (χ2n) is 3.60. The van der Waals surface area contributed by atoms with Crippen LogP contribution in [0.25, 0.3) is 0 Å². The van der Waals surface area contributed by atoms with Crippen LogP contribution in [0.2, 0.25) is 0 Å². The van der Waals surface area contributed by atoms with E-state index in [1.165, 1.54) is 6.42 Å². The smallest absolute Gasteiger partial charge is 0.168 e. The van der Waals surface area contributed by atoms with Crippen LogP contribution in [0.5, 0.6) is 0 Å². The summed E-state index contributed by atoms with van der Waals surface area (Å²) in [6.07, 6.45) is 8.29. The van der Waals surface area contributed by atoms with Gasteiger partial charge in [0, 0.05) is 6.42 Å². The van der Waals surface area contributed by atoms with Crippen LogP contribution in [0.1, 0.15) is 32.1 Å². The van der Waals surface area contributed by atoms with Crippen molar-refractivity contribution in [2.75, 3.05) is 0 Å². The van der Waals surface area contributed by atoms with Crippen molar-refractivity contribution >= 4 is 0 Å². The molecule has 2 heteroatoms. The molecule has 0 fully saturated rings. The molecule has 2 nitrogen and oxygen atoms in total. The molecule has 72 valence electrons. The van der Waals surface area contributed by atoms with E-state index in [-0.39, 0.29) is 0 Å². The molecule has 0 saturated heterocycles. The van der Waals surface area contributed by atoms with Crippen molar-refractivity contribution in [1.29, 1.82) is 10.5 Å². The van der Waals surface area contributed by atoms with E-state index in [0.717, 1.165) is 24.8 Å².